The molecule has 0 spiro atoms. The number of rotatable bonds is 6. The van der Waals surface area contributed by atoms with E-state index in [1.807, 2.05) is 49.1 Å². The van der Waals surface area contributed by atoms with Crippen LogP contribution in [-0.4, -0.2) is 18.5 Å². The van der Waals surface area contributed by atoms with Crippen LogP contribution in [0.4, 0.5) is 5.69 Å². The Morgan fingerprint density at radius 2 is 1.87 bits per heavy atom. The molecular formula is C19H26N2OS. The lowest BCUT2D eigenvalue weighted by molar-refractivity contribution is -0.120. The monoisotopic (exact) mass is 330 g/mol. The summed E-state index contributed by atoms with van der Waals surface area (Å²) >= 11 is 1.81. The summed E-state index contributed by atoms with van der Waals surface area (Å²) in [6.45, 7) is 11.0. The Morgan fingerprint density at radius 3 is 2.39 bits per heavy atom. The van der Waals surface area contributed by atoms with Gasteiger partial charge in [-0.1, -0.05) is 18.2 Å². The third kappa shape index (κ3) is 4.21. The molecule has 124 valence electrons. The first-order valence-corrected chi connectivity index (χ1v) is 8.95. The van der Waals surface area contributed by atoms with Gasteiger partial charge >= 0.3 is 0 Å². The van der Waals surface area contributed by atoms with Crippen LogP contribution in [0.1, 0.15) is 42.1 Å². The average molecular weight is 330 g/mol. The minimum atomic E-state index is -0.232. The number of amides is 1. The molecule has 0 aliphatic rings. The fourth-order valence-electron chi connectivity index (χ4n) is 2.92. The summed E-state index contributed by atoms with van der Waals surface area (Å²) in [6, 6.07) is 12.0. The summed E-state index contributed by atoms with van der Waals surface area (Å²) in [5.41, 5.74) is 2.23. The number of benzene rings is 1. The molecule has 1 aromatic heterocycles. The molecule has 1 aromatic carbocycles. The zero-order valence-corrected chi connectivity index (χ0v) is 15.4. The topological polar surface area (TPSA) is 32.3 Å². The third-order valence-electron chi connectivity index (χ3n) is 4.07. The van der Waals surface area contributed by atoms with E-state index in [-0.39, 0.29) is 18.0 Å². The molecule has 0 bridgehead atoms. The predicted octanol–water partition coefficient (Wildman–Crippen LogP) is 4.46. The van der Waals surface area contributed by atoms with Crippen molar-refractivity contribution in [3.8, 4) is 0 Å². The molecule has 23 heavy (non-hydrogen) atoms. The van der Waals surface area contributed by atoms with Crippen molar-refractivity contribution < 1.29 is 4.79 Å². The Kier molecular flexibility index (Phi) is 5.97. The van der Waals surface area contributed by atoms with Crippen molar-refractivity contribution in [1.29, 1.82) is 0 Å². The van der Waals surface area contributed by atoms with Crippen LogP contribution in [0.5, 0.6) is 0 Å². The third-order valence-corrected chi connectivity index (χ3v) is 5.05. The van der Waals surface area contributed by atoms with Crippen LogP contribution in [0, 0.1) is 13.8 Å². The minimum absolute atomic E-state index is 0.107. The van der Waals surface area contributed by atoms with Crippen LogP contribution in [0.3, 0.4) is 0 Å². The van der Waals surface area contributed by atoms with Crippen LogP contribution in [0.2, 0.25) is 0 Å². The number of aryl methyl sites for hydroxylation is 2. The van der Waals surface area contributed by atoms with Crippen LogP contribution in [-0.2, 0) is 4.79 Å². The van der Waals surface area contributed by atoms with Crippen molar-refractivity contribution in [3.05, 3.63) is 51.7 Å². The highest BCUT2D eigenvalue weighted by atomic mass is 32.1. The summed E-state index contributed by atoms with van der Waals surface area (Å²) in [7, 11) is 0. The molecule has 2 unspecified atom stereocenters. The Hall–Kier alpha value is -1.65. The molecule has 0 saturated heterocycles. The largest absolute Gasteiger partial charge is 0.311 e. The number of carbonyl (C=O) groups is 1. The first kappa shape index (κ1) is 17.7. The molecule has 1 N–H and O–H groups in total. The summed E-state index contributed by atoms with van der Waals surface area (Å²) in [6.07, 6.45) is 0. The van der Waals surface area contributed by atoms with Gasteiger partial charge in [-0.2, -0.15) is 0 Å². The van der Waals surface area contributed by atoms with Crippen molar-refractivity contribution in [2.75, 3.05) is 11.4 Å². The number of thiophene rings is 1. The molecule has 2 rings (SSSR count). The van der Waals surface area contributed by atoms with Gasteiger partial charge in [0, 0.05) is 28.0 Å². The molecule has 0 fully saturated rings. The molecule has 3 nitrogen and oxygen atoms in total. The van der Waals surface area contributed by atoms with Crippen LogP contribution >= 0.6 is 11.3 Å². The zero-order chi connectivity index (χ0) is 17.0. The lowest BCUT2D eigenvalue weighted by Crippen LogP contribution is -2.45. The fourth-order valence-corrected chi connectivity index (χ4v) is 3.95. The first-order valence-electron chi connectivity index (χ1n) is 8.13. The quantitative estimate of drug-likeness (QED) is 0.848. The van der Waals surface area contributed by atoms with Gasteiger partial charge in [0.05, 0.1) is 6.04 Å². The number of hydrogen-bond donors (Lipinski definition) is 1. The number of nitrogens with one attached hydrogen (secondary N) is 1. The zero-order valence-electron chi connectivity index (χ0n) is 14.6. The number of carbonyl (C=O) groups excluding carboxylic acids is 1. The lowest BCUT2D eigenvalue weighted by Gasteiger charge is -2.27. The van der Waals surface area contributed by atoms with Gasteiger partial charge in [-0.3, -0.25) is 10.1 Å². The lowest BCUT2D eigenvalue weighted by atomic mass is 10.1. The summed E-state index contributed by atoms with van der Waals surface area (Å²) < 4.78 is 0. The molecule has 0 radical (unpaired) electrons. The van der Waals surface area contributed by atoms with Gasteiger partial charge in [0.25, 0.3) is 0 Å². The molecule has 2 atom stereocenters. The van der Waals surface area contributed by atoms with Gasteiger partial charge in [0.2, 0.25) is 5.91 Å². The minimum Gasteiger partial charge on any atom is -0.311 e. The van der Waals surface area contributed by atoms with Crippen molar-refractivity contribution in [1.82, 2.24) is 5.32 Å². The number of hydrogen-bond acceptors (Lipinski definition) is 3. The Bertz CT molecular complexity index is 651. The van der Waals surface area contributed by atoms with Crippen LogP contribution in [0.15, 0.2) is 36.4 Å². The summed E-state index contributed by atoms with van der Waals surface area (Å²) in [5, 5.41) is 3.45. The maximum atomic E-state index is 12.8. The highest BCUT2D eigenvalue weighted by molar-refractivity contribution is 7.12. The average Bonchev–Trinajstić information content (AvgIpc) is 2.87. The van der Waals surface area contributed by atoms with E-state index in [2.05, 4.69) is 32.2 Å². The van der Waals surface area contributed by atoms with Crippen molar-refractivity contribution in [2.24, 2.45) is 0 Å². The van der Waals surface area contributed by atoms with E-state index >= 15 is 0 Å². The van der Waals surface area contributed by atoms with E-state index in [9.17, 15) is 4.79 Å². The maximum absolute atomic E-state index is 12.8. The number of likely N-dealkylation sites (N-methyl/N-ethyl adjacent to an activating group) is 1. The summed E-state index contributed by atoms with van der Waals surface area (Å²) in [4.78, 5) is 17.3. The molecule has 2 aromatic rings. The molecule has 0 aliphatic carbocycles. The SMILES string of the molecule is CCN(C(=O)C(C)NC(C)c1cc(C)sc1C)c1ccccc1. The fraction of sp³-hybridized carbons (Fsp3) is 0.421. The van der Waals surface area contributed by atoms with E-state index in [0.29, 0.717) is 6.54 Å². The second-order valence-corrected chi connectivity index (χ2v) is 7.36. The number of anilines is 1. The van der Waals surface area contributed by atoms with E-state index in [1.165, 1.54) is 15.3 Å². The molecular weight excluding hydrogens is 304 g/mol. The van der Waals surface area contributed by atoms with Gasteiger partial charge in [-0.05, 0) is 58.4 Å². The Labute approximate surface area is 143 Å². The second-order valence-electron chi connectivity index (χ2n) is 5.90. The Morgan fingerprint density at radius 1 is 1.22 bits per heavy atom. The van der Waals surface area contributed by atoms with E-state index in [4.69, 9.17) is 0 Å². The van der Waals surface area contributed by atoms with Crippen LogP contribution in [0.25, 0.3) is 0 Å². The predicted molar refractivity (Wildman–Crippen MR) is 99.3 cm³/mol. The van der Waals surface area contributed by atoms with E-state index in [0.717, 1.165) is 5.69 Å². The van der Waals surface area contributed by atoms with Gasteiger partial charge in [-0.25, -0.2) is 0 Å². The number of nitrogens with zero attached hydrogens (tertiary/aromatic N) is 1. The molecule has 1 amide bonds. The standard InChI is InChI=1S/C19H26N2OS/c1-6-21(17-10-8-7-9-11-17)19(22)15(4)20-14(3)18-12-13(2)23-16(18)5/h7-12,14-15,20H,6H2,1-5H3. The second kappa shape index (κ2) is 7.75. The highest BCUT2D eigenvalue weighted by Gasteiger charge is 2.23. The molecule has 0 saturated carbocycles. The number of para-hydroxylation sites is 1. The maximum Gasteiger partial charge on any atom is 0.243 e. The summed E-state index contributed by atoms with van der Waals surface area (Å²) in [5.74, 6) is 0.107. The normalized spacial score (nSPS) is 13.6. The first-order chi connectivity index (χ1) is 10.9. The van der Waals surface area contributed by atoms with Gasteiger partial charge < -0.3 is 4.90 Å². The highest BCUT2D eigenvalue weighted by Crippen LogP contribution is 2.26. The van der Waals surface area contributed by atoms with E-state index in [1.54, 1.807) is 11.3 Å². The Balaban J connectivity index is 2.08. The van der Waals surface area contributed by atoms with Gasteiger partial charge in [0.1, 0.15) is 0 Å². The van der Waals surface area contributed by atoms with E-state index < -0.39 is 0 Å². The van der Waals surface area contributed by atoms with Crippen molar-refractivity contribution >= 4 is 22.9 Å². The van der Waals surface area contributed by atoms with Crippen LogP contribution < -0.4 is 10.2 Å². The smallest absolute Gasteiger partial charge is 0.243 e. The molecule has 0 aliphatic heterocycles. The molecule has 1 heterocycles. The van der Waals surface area contributed by atoms with Gasteiger partial charge in [0.15, 0.2) is 0 Å². The molecule has 4 heteroatoms. The van der Waals surface area contributed by atoms with Crippen molar-refractivity contribution in [2.45, 2.75) is 46.7 Å². The van der Waals surface area contributed by atoms with Gasteiger partial charge in [-0.15, -0.1) is 11.3 Å². The van der Waals surface area contributed by atoms with Crippen molar-refractivity contribution in [3.63, 3.8) is 0 Å².